The number of unbranched alkanes of at least 4 members (excludes halogenated alkanes) is 9. The number of hydrogen-bond acceptors (Lipinski definition) is 4. The summed E-state index contributed by atoms with van der Waals surface area (Å²) in [6.07, 6.45) is 19.9. The number of nitrogens with one attached hydrogen (secondary N) is 4. The summed E-state index contributed by atoms with van der Waals surface area (Å²) in [6.45, 7) is 2.14. The van der Waals surface area contributed by atoms with Gasteiger partial charge in [0.1, 0.15) is 0 Å². The molecule has 0 fully saturated rings. The second-order valence-electron chi connectivity index (χ2n) is 10.8. The molecular weight excluding hydrogens is 448 g/mol. The van der Waals surface area contributed by atoms with Crippen LogP contribution in [-0.4, -0.2) is 23.1 Å². The van der Waals surface area contributed by atoms with Gasteiger partial charge in [0.05, 0.1) is 0 Å². The fourth-order valence-corrected chi connectivity index (χ4v) is 6.04. The molecule has 2 aromatic rings. The van der Waals surface area contributed by atoms with Crippen molar-refractivity contribution in [1.29, 1.82) is 0 Å². The number of hydrogen-bond donors (Lipinski definition) is 4. The van der Waals surface area contributed by atoms with Crippen LogP contribution >= 0.6 is 0 Å². The van der Waals surface area contributed by atoms with Gasteiger partial charge in [0, 0.05) is 35.6 Å². The average Bonchev–Trinajstić information content (AvgIpc) is 2.88. The molecular formula is C30H46N4O2. The molecule has 0 spiro atoms. The van der Waals surface area contributed by atoms with E-state index in [-0.39, 0.29) is 11.1 Å². The van der Waals surface area contributed by atoms with E-state index in [0.717, 1.165) is 50.2 Å². The molecule has 2 aliphatic carbocycles. The van der Waals surface area contributed by atoms with E-state index in [9.17, 15) is 9.59 Å². The molecule has 36 heavy (non-hydrogen) atoms. The molecule has 0 saturated heterocycles. The number of aromatic nitrogens is 2. The van der Waals surface area contributed by atoms with Crippen molar-refractivity contribution < 1.29 is 0 Å². The number of pyridine rings is 2. The standard InChI is InChI=1S/C30H46N4O2/c35-29-19-17-23-25(13-11-15-27(23)33-29)31-21-9-7-5-3-1-2-4-6-8-10-22-32-26-14-12-16-28-24(26)18-20-30(36)34-28/h17-20,25-26,31-32H,1-16,21-22H2,(H,33,35)(H,34,36)/t25-,26-/m1/s1. The number of rotatable bonds is 15. The lowest BCUT2D eigenvalue weighted by atomic mass is 9.91. The monoisotopic (exact) mass is 494 g/mol. The minimum absolute atomic E-state index is 0.0212. The molecule has 2 atom stereocenters. The van der Waals surface area contributed by atoms with Crippen LogP contribution in [-0.2, 0) is 12.8 Å². The third kappa shape index (κ3) is 8.17. The molecule has 198 valence electrons. The lowest BCUT2D eigenvalue weighted by molar-refractivity contribution is 0.440. The van der Waals surface area contributed by atoms with Crippen molar-refractivity contribution in [2.75, 3.05) is 13.1 Å². The first-order valence-electron chi connectivity index (χ1n) is 14.6. The molecule has 0 radical (unpaired) electrons. The largest absolute Gasteiger partial charge is 0.326 e. The van der Waals surface area contributed by atoms with E-state index in [2.05, 4.69) is 20.6 Å². The molecule has 4 rings (SSSR count). The minimum atomic E-state index is 0.0212. The summed E-state index contributed by atoms with van der Waals surface area (Å²) in [7, 11) is 0. The molecule has 6 heteroatoms. The third-order valence-corrected chi connectivity index (χ3v) is 8.05. The van der Waals surface area contributed by atoms with Gasteiger partial charge >= 0.3 is 0 Å². The lowest BCUT2D eigenvalue weighted by Crippen LogP contribution is -2.28. The van der Waals surface area contributed by atoms with Crippen molar-refractivity contribution in [2.24, 2.45) is 0 Å². The first-order chi connectivity index (χ1) is 17.7. The topological polar surface area (TPSA) is 89.8 Å². The highest BCUT2D eigenvalue weighted by Crippen LogP contribution is 2.28. The van der Waals surface area contributed by atoms with Crippen LogP contribution in [0.15, 0.2) is 33.9 Å². The van der Waals surface area contributed by atoms with Gasteiger partial charge in [-0.2, -0.15) is 0 Å². The van der Waals surface area contributed by atoms with E-state index >= 15 is 0 Å². The molecule has 2 aromatic heterocycles. The smallest absolute Gasteiger partial charge is 0.248 e. The van der Waals surface area contributed by atoms with Crippen molar-refractivity contribution in [3.8, 4) is 0 Å². The Bertz CT molecular complexity index is 960. The summed E-state index contributed by atoms with van der Waals surface area (Å²) >= 11 is 0. The average molecular weight is 495 g/mol. The molecule has 2 aliphatic rings. The van der Waals surface area contributed by atoms with Gasteiger partial charge < -0.3 is 20.6 Å². The predicted octanol–water partition coefficient (Wildman–Crippen LogP) is 5.60. The van der Waals surface area contributed by atoms with Crippen LogP contribution in [0.25, 0.3) is 0 Å². The molecule has 0 aromatic carbocycles. The fourth-order valence-electron chi connectivity index (χ4n) is 6.04. The van der Waals surface area contributed by atoms with Gasteiger partial charge in [-0.15, -0.1) is 0 Å². The number of aryl methyl sites for hydroxylation is 2. The highest BCUT2D eigenvalue weighted by Gasteiger charge is 2.21. The Morgan fingerprint density at radius 1 is 0.583 bits per heavy atom. The Labute approximate surface area is 216 Å². The van der Waals surface area contributed by atoms with E-state index in [1.807, 2.05) is 12.1 Å². The summed E-state index contributed by atoms with van der Waals surface area (Å²) in [4.78, 5) is 29.1. The Morgan fingerprint density at radius 2 is 0.972 bits per heavy atom. The summed E-state index contributed by atoms with van der Waals surface area (Å²) in [5.41, 5.74) is 4.91. The van der Waals surface area contributed by atoms with E-state index in [1.165, 1.54) is 88.2 Å². The second-order valence-corrected chi connectivity index (χ2v) is 10.8. The minimum Gasteiger partial charge on any atom is -0.326 e. The maximum absolute atomic E-state index is 11.5. The van der Waals surface area contributed by atoms with Gasteiger partial charge in [-0.25, -0.2) is 0 Å². The first-order valence-corrected chi connectivity index (χ1v) is 14.6. The predicted molar refractivity (Wildman–Crippen MR) is 148 cm³/mol. The fraction of sp³-hybridized carbons (Fsp3) is 0.667. The second kappa shape index (κ2) is 14.5. The quantitative estimate of drug-likeness (QED) is 0.243. The maximum Gasteiger partial charge on any atom is 0.248 e. The first kappa shape index (κ1) is 26.9. The lowest BCUT2D eigenvalue weighted by Gasteiger charge is -2.26. The van der Waals surface area contributed by atoms with Crippen molar-refractivity contribution >= 4 is 0 Å². The molecule has 4 N–H and O–H groups in total. The summed E-state index contributed by atoms with van der Waals surface area (Å²) in [5, 5.41) is 7.44. The molecule has 2 heterocycles. The summed E-state index contributed by atoms with van der Waals surface area (Å²) in [5.74, 6) is 0. The van der Waals surface area contributed by atoms with Gasteiger partial charge in [-0.3, -0.25) is 9.59 Å². The van der Waals surface area contributed by atoms with Crippen LogP contribution in [0.4, 0.5) is 0 Å². The molecule has 0 saturated carbocycles. The van der Waals surface area contributed by atoms with Gasteiger partial charge in [-0.05, 0) is 75.6 Å². The molecule has 0 bridgehead atoms. The SMILES string of the molecule is O=c1ccc2c([nH]1)CCC[C@H]2NCCCCCCCCCCCCN[C@@H]1CCCc2[nH]c(=O)ccc21. The van der Waals surface area contributed by atoms with E-state index in [1.54, 1.807) is 12.1 Å². The van der Waals surface area contributed by atoms with Gasteiger partial charge in [0.2, 0.25) is 11.1 Å². The number of H-pyrrole nitrogens is 2. The van der Waals surface area contributed by atoms with Gasteiger partial charge in [0.15, 0.2) is 0 Å². The Morgan fingerprint density at radius 3 is 1.39 bits per heavy atom. The van der Waals surface area contributed by atoms with Crippen molar-refractivity contribution in [3.63, 3.8) is 0 Å². The maximum atomic E-state index is 11.5. The Kier molecular flexibility index (Phi) is 10.8. The molecule has 0 amide bonds. The van der Waals surface area contributed by atoms with Crippen LogP contribution < -0.4 is 21.8 Å². The van der Waals surface area contributed by atoms with E-state index in [0.29, 0.717) is 12.1 Å². The normalized spacial score (nSPS) is 19.1. The van der Waals surface area contributed by atoms with Crippen LogP contribution in [0.3, 0.4) is 0 Å². The zero-order chi connectivity index (χ0) is 25.0. The number of aromatic amines is 2. The molecule has 6 nitrogen and oxygen atoms in total. The number of fused-ring (bicyclic) bond motifs is 2. The Hall–Kier alpha value is -2.18. The summed E-state index contributed by atoms with van der Waals surface area (Å²) < 4.78 is 0. The van der Waals surface area contributed by atoms with Crippen molar-refractivity contribution in [3.05, 3.63) is 67.5 Å². The summed E-state index contributed by atoms with van der Waals surface area (Å²) in [6, 6.07) is 8.17. The van der Waals surface area contributed by atoms with Gasteiger partial charge in [-0.1, -0.05) is 63.5 Å². The van der Waals surface area contributed by atoms with Crippen molar-refractivity contribution in [1.82, 2.24) is 20.6 Å². The van der Waals surface area contributed by atoms with Crippen LogP contribution in [0.5, 0.6) is 0 Å². The molecule has 0 unspecified atom stereocenters. The highest BCUT2D eigenvalue weighted by molar-refractivity contribution is 5.27. The zero-order valence-electron chi connectivity index (χ0n) is 22.0. The van der Waals surface area contributed by atoms with Crippen LogP contribution in [0.1, 0.15) is 124 Å². The van der Waals surface area contributed by atoms with Crippen LogP contribution in [0, 0.1) is 0 Å². The highest BCUT2D eigenvalue weighted by atomic mass is 16.1. The van der Waals surface area contributed by atoms with Gasteiger partial charge in [0.25, 0.3) is 0 Å². The van der Waals surface area contributed by atoms with Crippen molar-refractivity contribution in [2.45, 2.75) is 115 Å². The molecule has 0 aliphatic heterocycles. The third-order valence-electron chi connectivity index (χ3n) is 8.05. The van der Waals surface area contributed by atoms with Crippen LogP contribution in [0.2, 0.25) is 0 Å². The van der Waals surface area contributed by atoms with E-state index in [4.69, 9.17) is 0 Å². The zero-order valence-corrected chi connectivity index (χ0v) is 22.0. The van der Waals surface area contributed by atoms with E-state index < -0.39 is 0 Å². The Balaban J connectivity index is 0.953.